The van der Waals surface area contributed by atoms with Crippen molar-refractivity contribution in [1.82, 2.24) is 10.6 Å². The summed E-state index contributed by atoms with van der Waals surface area (Å²) in [4.78, 5) is 5.43. The van der Waals surface area contributed by atoms with Gasteiger partial charge in [0.05, 0.1) is 4.90 Å². The molecule has 0 aliphatic rings. The van der Waals surface area contributed by atoms with Gasteiger partial charge in [-0.05, 0) is 42.0 Å². The molecule has 2 aromatic rings. The van der Waals surface area contributed by atoms with Crippen molar-refractivity contribution < 1.29 is 8.42 Å². The molecule has 0 saturated carbocycles. The van der Waals surface area contributed by atoms with Crippen molar-refractivity contribution in [2.24, 2.45) is 10.1 Å². The van der Waals surface area contributed by atoms with Crippen molar-refractivity contribution in [3.05, 3.63) is 59.1 Å². The predicted molar refractivity (Wildman–Crippen MR) is 108 cm³/mol. The molecule has 9 heteroatoms. The molecule has 2 rings (SSSR count). The highest BCUT2D eigenvalue weighted by Gasteiger charge is 2.06. The number of benzene rings is 2. The van der Waals surface area contributed by atoms with E-state index >= 15 is 0 Å². The molecule has 0 aliphatic heterocycles. The fourth-order valence-corrected chi connectivity index (χ4v) is 3.48. The van der Waals surface area contributed by atoms with Crippen LogP contribution in [0.4, 0.5) is 0 Å². The zero-order chi connectivity index (χ0) is 19.0. The smallest absolute Gasteiger partial charge is 0.238 e. The lowest BCUT2D eigenvalue weighted by molar-refractivity contribution is 0.597. The first-order valence-electron chi connectivity index (χ1n) is 7.83. The van der Waals surface area contributed by atoms with E-state index in [0.29, 0.717) is 12.5 Å². The van der Waals surface area contributed by atoms with Crippen LogP contribution in [0, 0.1) is 0 Å². The van der Waals surface area contributed by atoms with Crippen LogP contribution in [0.5, 0.6) is 0 Å². The lowest BCUT2D eigenvalue weighted by Crippen LogP contribution is -2.37. The van der Waals surface area contributed by atoms with E-state index in [2.05, 4.69) is 15.6 Å². The Morgan fingerprint density at radius 3 is 2.35 bits per heavy atom. The Morgan fingerprint density at radius 2 is 1.77 bits per heavy atom. The summed E-state index contributed by atoms with van der Waals surface area (Å²) in [6.07, 6.45) is 0. The monoisotopic (exact) mass is 412 g/mol. The maximum atomic E-state index is 11.2. The lowest BCUT2D eigenvalue weighted by Gasteiger charge is -2.12. The highest BCUT2D eigenvalue weighted by molar-refractivity contribution is 7.99. The molecule has 140 valence electrons. The second-order valence-corrected chi connectivity index (χ2v) is 8.51. The highest BCUT2D eigenvalue weighted by Crippen LogP contribution is 2.19. The Bertz CT molecular complexity index is 838. The molecule has 0 amide bonds. The molecule has 0 aromatic heterocycles. The summed E-state index contributed by atoms with van der Waals surface area (Å²) in [7, 11) is -1.96. The van der Waals surface area contributed by atoms with Gasteiger partial charge in [0.2, 0.25) is 10.0 Å². The van der Waals surface area contributed by atoms with E-state index in [1.807, 2.05) is 24.3 Å². The molecule has 0 fully saturated rings. The van der Waals surface area contributed by atoms with E-state index in [1.165, 1.54) is 12.1 Å². The molecular weight excluding hydrogens is 392 g/mol. The minimum absolute atomic E-state index is 0.1000. The van der Waals surface area contributed by atoms with Crippen LogP contribution in [0.25, 0.3) is 0 Å². The van der Waals surface area contributed by atoms with Gasteiger partial charge in [-0.2, -0.15) is 0 Å². The third-order valence-electron chi connectivity index (χ3n) is 3.41. The highest BCUT2D eigenvalue weighted by atomic mass is 35.5. The molecule has 26 heavy (non-hydrogen) atoms. The summed E-state index contributed by atoms with van der Waals surface area (Å²) < 4.78 is 22.5. The van der Waals surface area contributed by atoms with Crippen molar-refractivity contribution >= 4 is 39.3 Å². The quantitative estimate of drug-likeness (QED) is 0.281. The lowest BCUT2D eigenvalue weighted by atomic mass is 10.2. The zero-order valence-corrected chi connectivity index (χ0v) is 16.7. The molecule has 0 atom stereocenters. The van der Waals surface area contributed by atoms with Gasteiger partial charge >= 0.3 is 0 Å². The summed E-state index contributed by atoms with van der Waals surface area (Å²) in [6, 6.07) is 14.2. The van der Waals surface area contributed by atoms with Crippen LogP contribution in [0.3, 0.4) is 0 Å². The minimum atomic E-state index is -3.66. The normalized spacial score (nSPS) is 12.0. The van der Waals surface area contributed by atoms with Gasteiger partial charge in [-0.15, -0.1) is 11.8 Å². The standard InChI is InChI=1S/C17H21ClN4O2S2/c1-20-17(21-10-11-25-15-6-4-14(18)5-7-15)22-12-13-2-8-16(9-3-13)26(19,23)24/h2-9H,10-12H2,1H3,(H2,19,23,24)(H2,20,21,22). The number of guanidine groups is 1. The number of halogens is 1. The number of sulfonamides is 1. The van der Waals surface area contributed by atoms with E-state index < -0.39 is 10.0 Å². The third kappa shape index (κ3) is 6.87. The van der Waals surface area contributed by atoms with E-state index in [4.69, 9.17) is 16.7 Å². The molecule has 0 spiro atoms. The van der Waals surface area contributed by atoms with Crippen molar-refractivity contribution in [3.8, 4) is 0 Å². The summed E-state index contributed by atoms with van der Waals surface area (Å²) >= 11 is 7.60. The maximum absolute atomic E-state index is 11.2. The number of nitrogens with one attached hydrogen (secondary N) is 2. The first-order chi connectivity index (χ1) is 12.4. The van der Waals surface area contributed by atoms with Gasteiger partial charge in [0.1, 0.15) is 0 Å². The average molecular weight is 413 g/mol. The molecular formula is C17H21ClN4O2S2. The van der Waals surface area contributed by atoms with Crippen LogP contribution in [0.2, 0.25) is 5.02 Å². The van der Waals surface area contributed by atoms with Gasteiger partial charge in [0.15, 0.2) is 5.96 Å². The average Bonchev–Trinajstić information content (AvgIpc) is 2.62. The molecule has 0 heterocycles. The number of nitrogens with zero attached hydrogens (tertiary/aromatic N) is 1. The number of nitrogens with two attached hydrogens (primary N) is 1. The molecule has 0 saturated heterocycles. The molecule has 6 nitrogen and oxygen atoms in total. The number of aliphatic imine (C=N–C) groups is 1. The Hall–Kier alpha value is -1.74. The van der Waals surface area contributed by atoms with Crippen molar-refractivity contribution in [1.29, 1.82) is 0 Å². The summed E-state index contributed by atoms with van der Waals surface area (Å²) in [5, 5.41) is 12.2. The van der Waals surface area contributed by atoms with Crippen LogP contribution in [-0.2, 0) is 16.6 Å². The molecule has 2 aromatic carbocycles. The van der Waals surface area contributed by atoms with Crippen LogP contribution < -0.4 is 15.8 Å². The van der Waals surface area contributed by atoms with E-state index in [1.54, 1.807) is 30.9 Å². The number of rotatable bonds is 7. The van der Waals surface area contributed by atoms with Gasteiger partial charge in [0.25, 0.3) is 0 Å². The van der Waals surface area contributed by atoms with E-state index in [-0.39, 0.29) is 4.90 Å². The van der Waals surface area contributed by atoms with Crippen LogP contribution >= 0.6 is 23.4 Å². The molecule has 0 bridgehead atoms. The number of hydrogen-bond acceptors (Lipinski definition) is 4. The number of hydrogen-bond donors (Lipinski definition) is 3. The van der Waals surface area contributed by atoms with Crippen molar-refractivity contribution in [3.63, 3.8) is 0 Å². The SMILES string of the molecule is CN=C(NCCSc1ccc(Cl)cc1)NCc1ccc(S(N)(=O)=O)cc1. The van der Waals surface area contributed by atoms with Gasteiger partial charge < -0.3 is 10.6 Å². The number of thioether (sulfide) groups is 1. The van der Waals surface area contributed by atoms with Crippen molar-refractivity contribution in [2.75, 3.05) is 19.3 Å². The number of primary sulfonamides is 1. The van der Waals surface area contributed by atoms with Crippen LogP contribution in [0.15, 0.2) is 63.3 Å². The maximum Gasteiger partial charge on any atom is 0.238 e. The van der Waals surface area contributed by atoms with Crippen molar-refractivity contribution in [2.45, 2.75) is 16.3 Å². The molecule has 4 N–H and O–H groups in total. The predicted octanol–water partition coefficient (Wildman–Crippen LogP) is 2.44. The van der Waals surface area contributed by atoms with E-state index in [9.17, 15) is 8.42 Å². The summed E-state index contributed by atoms with van der Waals surface area (Å²) in [5.74, 6) is 1.56. The Kier molecular flexibility index (Phi) is 7.77. The fourth-order valence-electron chi connectivity index (χ4n) is 2.07. The molecule has 0 unspecified atom stereocenters. The van der Waals surface area contributed by atoms with Gasteiger partial charge in [0, 0.05) is 35.8 Å². The summed E-state index contributed by atoms with van der Waals surface area (Å²) in [6.45, 7) is 1.27. The fraction of sp³-hybridized carbons (Fsp3) is 0.235. The van der Waals surface area contributed by atoms with Gasteiger partial charge in [-0.25, -0.2) is 13.6 Å². The van der Waals surface area contributed by atoms with Crippen LogP contribution in [0.1, 0.15) is 5.56 Å². The first-order valence-corrected chi connectivity index (χ1v) is 10.7. The first kappa shape index (κ1) is 20.6. The third-order valence-corrected chi connectivity index (χ3v) is 5.61. The molecule has 0 radical (unpaired) electrons. The largest absolute Gasteiger partial charge is 0.356 e. The van der Waals surface area contributed by atoms with Crippen LogP contribution in [-0.4, -0.2) is 33.7 Å². The van der Waals surface area contributed by atoms with E-state index in [0.717, 1.165) is 27.8 Å². The molecule has 0 aliphatic carbocycles. The Labute approximate surface area is 163 Å². The second-order valence-electron chi connectivity index (χ2n) is 5.34. The van der Waals surface area contributed by atoms with Gasteiger partial charge in [-0.1, -0.05) is 23.7 Å². The topological polar surface area (TPSA) is 96.6 Å². The minimum Gasteiger partial charge on any atom is -0.356 e. The van der Waals surface area contributed by atoms with Gasteiger partial charge in [-0.3, -0.25) is 4.99 Å². The zero-order valence-electron chi connectivity index (χ0n) is 14.3. The Morgan fingerprint density at radius 1 is 1.12 bits per heavy atom. The Balaban J connectivity index is 1.74. The second kappa shape index (κ2) is 9.82. The summed E-state index contributed by atoms with van der Waals surface area (Å²) in [5.41, 5.74) is 0.927.